The molecule has 1 aromatic carbocycles. The van der Waals surface area contributed by atoms with E-state index in [-0.39, 0.29) is 18.4 Å². The Morgan fingerprint density at radius 1 is 1.06 bits per heavy atom. The van der Waals surface area contributed by atoms with E-state index in [1.54, 1.807) is 0 Å². The Morgan fingerprint density at radius 3 is 2.66 bits per heavy atom. The Balaban J connectivity index is 1.26. The molecular formula is C28H39N3O4. The molecule has 4 rings (SSSR count). The number of aliphatic carboxylic acids is 1. The van der Waals surface area contributed by atoms with Gasteiger partial charge in [-0.05, 0) is 49.3 Å². The molecule has 1 aliphatic carbocycles. The van der Waals surface area contributed by atoms with Crippen LogP contribution < -0.4 is 5.32 Å². The summed E-state index contributed by atoms with van der Waals surface area (Å²) >= 11 is 0. The number of nitrogens with one attached hydrogen (secondary N) is 1. The third-order valence-electron chi connectivity index (χ3n) is 7.55. The summed E-state index contributed by atoms with van der Waals surface area (Å²) in [5.74, 6) is 0.527. The van der Waals surface area contributed by atoms with E-state index in [1.807, 2.05) is 18.2 Å². The van der Waals surface area contributed by atoms with Crippen molar-refractivity contribution in [2.45, 2.75) is 89.6 Å². The highest BCUT2D eigenvalue weighted by molar-refractivity contribution is 5.91. The zero-order chi connectivity index (χ0) is 24.5. The summed E-state index contributed by atoms with van der Waals surface area (Å²) < 4.78 is 5.76. The number of nitrogens with zero attached hydrogens (tertiary/aromatic N) is 2. The minimum absolute atomic E-state index is 0.0274. The number of aryl methyl sites for hydroxylation is 1. The molecule has 0 unspecified atom stereocenters. The molecule has 0 radical (unpaired) electrons. The molecule has 2 fully saturated rings. The number of oxazole rings is 1. The van der Waals surface area contributed by atoms with Crippen molar-refractivity contribution in [3.05, 3.63) is 53.2 Å². The minimum Gasteiger partial charge on any atom is -0.481 e. The number of carboxylic acid groups (broad SMARTS) is 1. The van der Waals surface area contributed by atoms with Gasteiger partial charge in [0.2, 0.25) is 5.89 Å². The third kappa shape index (κ3) is 7.40. The number of likely N-dealkylation sites (tertiary alicyclic amines) is 1. The van der Waals surface area contributed by atoms with Crippen molar-refractivity contribution in [2.75, 3.05) is 13.1 Å². The first-order valence-corrected chi connectivity index (χ1v) is 13.4. The van der Waals surface area contributed by atoms with Crippen LogP contribution in [0.25, 0.3) is 0 Å². The van der Waals surface area contributed by atoms with Crippen LogP contribution in [-0.4, -0.2) is 40.0 Å². The Bertz CT molecular complexity index is 967. The fourth-order valence-electron chi connectivity index (χ4n) is 5.58. The maximum Gasteiger partial charge on any atom is 0.303 e. The third-order valence-corrected chi connectivity index (χ3v) is 7.55. The highest BCUT2D eigenvalue weighted by Gasteiger charge is 2.31. The van der Waals surface area contributed by atoms with E-state index < -0.39 is 5.97 Å². The molecular weight excluding hydrogens is 442 g/mol. The molecule has 0 spiro atoms. The van der Waals surface area contributed by atoms with Gasteiger partial charge in [-0.2, -0.15) is 0 Å². The summed E-state index contributed by atoms with van der Waals surface area (Å²) in [5, 5.41) is 12.1. The second-order valence-electron chi connectivity index (χ2n) is 10.1. The van der Waals surface area contributed by atoms with Gasteiger partial charge < -0.3 is 14.8 Å². The molecule has 2 aromatic rings. The van der Waals surface area contributed by atoms with Crippen molar-refractivity contribution < 1.29 is 19.1 Å². The Morgan fingerprint density at radius 2 is 1.86 bits per heavy atom. The van der Waals surface area contributed by atoms with Crippen LogP contribution in [0.5, 0.6) is 0 Å². The normalized spacial score (nSPS) is 19.1. The molecule has 1 aliphatic heterocycles. The van der Waals surface area contributed by atoms with Gasteiger partial charge >= 0.3 is 5.97 Å². The average Bonchev–Trinajstić information content (AvgIpc) is 3.53. The van der Waals surface area contributed by atoms with Crippen LogP contribution in [0.3, 0.4) is 0 Å². The summed E-state index contributed by atoms with van der Waals surface area (Å²) in [6.07, 6.45) is 14.4. The number of benzene rings is 1. The largest absolute Gasteiger partial charge is 0.481 e. The van der Waals surface area contributed by atoms with Gasteiger partial charge in [-0.1, -0.05) is 69.2 Å². The predicted molar refractivity (Wildman–Crippen MR) is 134 cm³/mol. The lowest BCUT2D eigenvalue weighted by Gasteiger charge is -2.23. The van der Waals surface area contributed by atoms with Crippen LogP contribution >= 0.6 is 0 Å². The summed E-state index contributed by atoms with van der Waals surface area (Å²) in [6, 6.07) is 8.05. The second-order valence-corrected chi connectivity index (χ2v) is 10.1. The number of rotatable bonds is 12. The van der Waals surface area contributed by atoms with E-state index in [1.165, 1.54) is 51.2 Å². The fourth-order valence-corrected chi connectivity index (χ4v) is 5.58. The van der Waals surface area contributed by atoms with Gasteiger partial charge in [-0.15, -0.1) is 0 Å². The summed E-state index contributed by atoms with van der Waals surface area (Å²) in [4.78, 5) is 30.5. The van der Waals surface area contributed by atoms with Crippen LogP contribution in [0.15, 0.2) is 34.9 Å². The number of carbonyl (C=O) groups excluding carboxylic acids is 1. The first-order valence-electron chi connectivity index (χ1n) is 13.4. The van der Waals surface area contributed by atoms with Gasteiger partial charge in [-0.3, -0.25) is 14.5 Å². The summed E-state index contributed by atoms with van der Waals surface area (Å²) in [7, 11) is 0. The van der Waals surface area contributed by atoms with Gasteiger partial charge in [0.1, 0.15) is 6.26 Å². The highest BCUT2D eigenvalue weighted by atomic mass is 16.4. The molecule has 7 heteroatoms. The minimum atomic E-state index is -0.784. The van der Waals surface area contributed by atoms with Crippen LogP contribution in [-0.2, 0) is 17.8 Å². The van der Waals surface area contributed by atoms with Gasteiger partial charge in [-0.25, -0.2) is 4.98 Å². The molecule has 1 saturated carbocycles. The standard InChI is InChI=1S/C28H39N3O4/c32-26(33)16-15-22-12-4-5-13-23(22)19-31-18-8-14-25(31)28-30-24(20-35-28)27(34)29-17-7-6-11-21-9-2-1-3-10-21/h4-5,12-13,20-21,25H,1-3,6-11,14-19H2,(H,29,34)(H,32,33)/t25-/m0/s1. The van der Waals surface area contributed by atoms with Gasteiger partial charge in [0, 0.05) is 19.5 Å². The number of unbranched alkanes of at least 4 members (excludes halogenated alkanes) is 1. The highest BCUT2D eigenvalue weighted by Crippen LogP contribution is 2.33. The van der Waals surface area contributed by atoms with E-state index >= 15 is 0 Å². The molecule has 35 heavy (non-hydrogen) atoms. The first kappa shape index (κ1) is 25.4. The molecule has 2 heterocycles. The molecule has 1 amide bonds. The molecule has 7 nitrogen and oxygen atoms in total. The van der Waals surface area contributed by atoms with Crippen LogP contribution in [0.1, 0.15) is 104 Å². The number of aromatic nitrogens is 1. The monoisotopic (exact) mass is 481 g/mol. The number of hydrogen-bond acceptors (Lipinski definition) is 5. The number of amides is 1. The summed E-state index contributed by atoms with van der Waals surface area (Å²) in [5.41, 5.74) is 2.55. The summed E-state index contributed by atoms with van der Waals surface area (Å²) in [6.45, 7) is 2.31. The van der Waals surface area contributed by atoms with E-state index in [0.29, 0.717) is 31.1 Å². The van der Waals surface area contributed by atoms with Gasteiger partial charge in [0.05, 0.1) is 6.04 Å². The smallest absolute Gasteiger partial charge is 0.303 e. The average molecular weight is 482 g/mol. The van der Waals surface area contributed by atoms with Crippen molar-refractivity contribution in [3.8, 4) is 0 Å². The van der Waals surface area contributed by atoms with Crippen molar-refractivity contribution >= 4 is 11.9 Å². The zero-order valence-electron chi connectivity index (χ0n) is 20.7. The number of hydrogen-bond donors (Lipinski definition) is 2. The van der Waals surface area contributed by atoms with Crippen molar-refractivity contribution in [1.82, 2.24) is 15.2 Å². The second kappa shape index (κ2) is 12.9. The van der Waals surface area contributed by atoms with Gasteiger partial charge in [0.15, 0.2) is 5.69 Å². The molecule has 2 aliphatic rings. The lowest BCUT2D eigenvalue weighted by atomic mass is 9.86. The Labute approximate surface area is 208 Å². The van der Waals surface area contributed by atoms with E-state index in [9.17, 15) is 9.59 Å². The van der Waals surface area contributed by atoms with Crippen LogP contribution in [0.4, 0.5) is 0 Å². The molecule has 1 aromatic heterocycles. The Hall–Kier alpha value is -2.67. The fraction of sp³-hybridized carbons (Fsp3) is 0.607. The quantitative estimate of drug-likeness (QED) is 0.388. The van der Waals surface area contributed by atoms with Crippen LogP contribution in [0.2, 0.25) is 0 Å². The predicted octanol–water partition coefficient (Wildman–Crippen LogP) is 5.51. The SMILES string of the molecule is O=C(O)CCc1ccccc1CN1CCC[C@H]1c1nc(C(=O)NCCCCC2CCCCC2)co1. The number of carbonyl (C=O) groups is 2. The lowest BCUT2D eigenvalue weighted by molar-refractivity contribution is -0.136. The molecule has 190 valence electrons. The number of carboxylic acids is 1. The van der Waals surface area contributed by atoms with Crippen molar-refractivity contribution in [1.29, 1.82) is 0 Å². The molecule has 0 bridgehead atoms. The van der Waals surface area contributed by atoms with Gasteiger partial charge in [0.25, 0.3) is 5.91 Å². The van der Waals surface area contributed by atoms with Crippen molar-refractivity contribution in [3.63, 3.8) is 0 Å². The first-order chi connectivity index (χ1) is 17.1. The van der Waals surface area contributed by atoms with E-state index in [4.69, 9.17) is 9.52 Å². The van der Waals surface area contributed by atoms with Crippen molar-refractivity contribution in [2.24, 2.45) is 5.92 Å². The molecule has 1 atom stereocenters. The zero-order valence-corrected chi connectivity index (χ0v) is 20.7. The van der Waals surface area contributed by atoms with E-state index in [2.05, 4.69) is 21.3 Å². The topological polar surface area (TPSA) is 95.7 Å². The lowest BCUT2D eigenvalue weighted by Crippen LogP contribution is -2.26. The van der Waals surface area contributed by atoms with Crippen LogP contribution in [0, 0.1) is 5.92 Å². The maximum absolute atomic E-state index is 12.6. The molecule has 2 N–H and O–H groups in total. The molecule has 1 saturated heterocycles. The van der Waals surface area contributed by atoms with E-state index in [0.717, 1.165) is 42.9 Å². The maximum atomic E-state index is 12.6. The Kier molecular flexibility index (Phi) is 9.35.